The van der Waals surface area contributed by atoms with Gasteiger partial charge in [-0.05, 0) is 38.1 Å². The third kappa shape index (κ3) is 2.71. The van der Waals surface area contributed by atoms with E-state index in [2.05, 4.69) is 4.90 Å². The molecule has 1 aliphatic heterocycles. The van der Waals surface area contributed by atoms with Crippen molar-refractivity contribution in [2.45, 2.75) is 51.0 Å². The molecule has 3 nitrogen and oxygen atoms in total. The fourth-order valence-electron chi connectivity index (χ4n) is 3.27. The monoisotopic (exact) mass is 211 g/mol. The second kappa shape index (κ2) is 4.97. The van der Waals surface area contributed by atoms with Gasteiger partial charge in [0.25, 0.3) is 0 Å². The van der Waals surface area contributed by atoms with Crippen LogP contribution in [0.15, 0.2) is 0 Å². The van der Waals surface area contributed by atoms with Crippen LogP contribution in [0.5, 0.6) is 0 Å². The van der Waals surface area contributed by atoms with E-state index >= 15 is 0 Å². The molecule has 1 heterocycles. The Morgan fingerprint density at radius 1 is 1.13 bits per heavy atom. The minimum absolute atomic E-state index is 0.251. The summed E-state index contributed by atoms with van der Waals surface area (Å²) in [6.45, 7) is 1.24. The van der Waals surface area contributed by atoms with Crippen LogP contribution >= 0.6 is 0 Å². The summed E-state index contributed by atoms with van der Waals surface area (Å²) in [5.74, 6) is 0.110. The molecule has 1 N–H and O–H groups in total. The average Bonchev–Trinajstić information content (AvgIpc) is 2.66. The molecule has 0 amide bonds. The fourth-order valence-corrected chi connectivity index (χ4v) is 3.27. The maximum absolute atomic E-state index is 10.7. The largest absolute Gasteiger partial charge is 0.480 e. The molecule has 3 heteroatoms. The number of hydrogen-bond donors (Lipinski definition) is 1. The quantitative estimate of drug-likeness (QED) is 0.777. The molecule has 2 aliphatic rings. The molecular formula is C12H21NO2. The Balaban J connectivity index is 1.91. The van der Waals surface area contributed by atoms with Gasteiger partial charge in [0.2, 0.25) is 0 Å². The highest BCUT2D eigenvalue weighted by Gasteiger charge is 2.32. The van der Waals surface area contributed by atoms with Gasteiger partial charge in [0.05, 0.1) is 6.54 Å². The Morgan fingerprint density at radius 2 is 1.87 bits per heavy atom. The minimum Gasteiger partial charge on any atom is -0.480 e. The van der Waals surface area contributed by atoms with E-state index in [0.717, 1.165) is 12.5 Å². The van der Waals surface area contributed by atoms with Gasteiger partial charge in [-0.3, -0.25) is 9.69 Å². The van der Waals surface area contributed by atoms with Crippen LogP contribution in [0.1, 0.15) is 44.9 Å². The summed E-state index contributed by atoms with van der Waals surface area (Å²) in [5.41, 5.74) is 0. The zero-order valence-corrected chi connectivity index (χ0v) is 9.32. The van der Waals surface area contributed by atoms with Gasteiger partial charge < -0.3 is 5.11 Å². The van der Waals surface area contributed by atoms with Crippen LogP contribution in [0.25, 0.3) is 0 Å². The van der Waals surface area contributed by atoms with Crippen molar-refractivity contribution in [1.29, 1.82) is 0 Å². The van der Waals surface area contributed by atoms with Crippen molar-refractivity contribution in [3.8, 4) is 0 Å². The molecule has 1 atom stereocenters. The Morgan fingerprint density at radius 3 is 2.53 bits per heavy atom. The number of likely N-dealkylation sites (tertiary alicyclic amines) is 1. The average molecular weight is 211 g/mol. The highest BCUT2D eigenvalue weighted by atomic mass is 16.4. The topological polar surface area (TPSA) is 40.5 Å². The molecule has 1 aliphatic carbocycles. The summed E-state index contributed by atoms with van der Waals surface area (Å²) in [4.78, 5) is 12.9. The van der Waals surface area contributed by atoms with Gasteiger partial charge >= 0.3 is 5.97 Å². The van der Waals surface area contributed by atoms with Crippen molar-refractivity contribution in [3.05, 3.63) is 0 Å². The smallest absolute Gasteiger partial charge is 0.317 e. The number of rotatable bonds is 3. The van der Waals surface area contributed by atoms with E-state index in [-0.39, 0.29) is 6.54 Å². The standard InChI is InChI=1S/C12H21NO2/c14-12(15)9-13-8-4-7-11(13)10-5-2-1-3-6-10/h10-11H,1-9H2,(H,14,15). The van der Waals surface area contributed by atoms with E-state index in [1.165, 1.54) is 44.9 Å². The number of carboxylic acid groups (broad SMARTS) is 1. The first-order valence-corrected chi connectivity index (χ1v) is 6.23. The van der Waals surface area contributed by atoms with Gasteiger partial charge in [-0.15, -0.1) is 0 Å². The van der Waals surface area contributed by atoms with Crippen molar-refractivity contribution in [3.63, 3.8) is 0 Å². The van der Waals surface area contributed by atoms with Crippen molar-refractivity contribution in [2.24, 2.45) is 5.92 Å². The fraction of sp³-hybridized carbons (Fsp3) is 0.917. The Hall–Kier alpha value is -0.570. The molecule has 0 spiro atoms. The lowest BCUT2D eigenvalue weighted by atomic mass is 9.83. The van der Waals surface area contributed by atoms with E-state index in [1.807, 2.05) is 0 Å². The number of carboxylic acids is 1. The van der Waals surface area contributed by atoms with Gasteiger partial charge in [-0.25, -0.2) is 0 Å². The van der Waals surface area contributed by atoms with Crippen LogP contribution in [-0.2, 0) is 4.79 Å². The molecule has 15 heavy (non-hydrogen) atoms. The first kappa shape index (κ1) is 10.9. The van der Waals surface area contributed by atoms with Gasteiger partial charge in [-0.1, -0.05) is 19.3 Å². The molecule has 1 saturated heterocycles. The Labute approximate surface area is 91.5 Å². The molecular weight excluding hydrogens is 190 g/mol. The third-order valence-electron chi connectivity index (χ3n) is 3.95. The highest BCUT2D eigenvalue weighted by molar-refractivity contribution is 5.69. The molecule has 1 saturated carbocycles. The van der Waals surface area contributed by atoms with Crippen molar-refractivity contribution >= 4 is 5.97 Å². The van der Waals surface area contributed by atoms with Crippen LogP contribution in [0.2, 0.25) is 0 Å². The van der Waals surface area contributed by atoms with Crippen LogP contribution in [0, 0.1) is 5.92 Å². The molecule has 0 aromatic rings. The van der Waals surface area contributed by atoms with Crippen molar-refractivity contribution in [2.75, 3.05) is 13.1 Å². The summed E-state index contributed by atoms with van der Waals surface area (Å²) in [6, 6.07) is 0.571. The number of hydrogen-bond acceptors (Lipinski definition) is 2. The SMILES string of the molecule is O=C(O)CN1CCCC1C1CCCCC1. The summed E-state index contributed by atoms with van der Waals surface area (Å²) in [6.07, 6.45) is 9.13. The van der Waals surface area contributed by atoms with Gasteiger partial charge in [-0.2, -0.15) is 0 Å². The van der Waals surface area contributed by atoms with E-state index in [1.54, 1.807) is 0 Å². The number of carbonyl (C=O) groups is 1. The van der Waals surface area contributed by atoms with Crippen molar-refractivity contribution < 1.29 is 9.90 Å². The van der Waals surface area contributed by atoms with Gasteiger partial charge in [0.15, 0.2) is 0 Å². The predicted molar refractivity (Wildman–Crippen MR) is 58.8 cm³/mol. The lowest BCUT2D eigenvalue weighted by Gasteiger charge is -2.33. The molecule has 2 fully saturated rings. The molecule has 2 rings (SSSR count). The summed E-state index contributed by atoms with van der Waals surface area (Å²) < 4.78 is 0. The second-order valence-corrected chi connectivity index (χ2v) is 4.97. The maximum atomic E-state index is 10.7. The van der Waals surface area contributed by atoms with E-state index in [9.17, 15) is 4.79 Å². The van der Waals surface area contributed by atoms with Gasteiger partial charge in [0.1, 0.15) is 0 Å². The highest BCUT2D eigenvalue weighted by Crippen LogP contribution is 2.33. The second-order valence-electron chi connectivity index (χ2n) is 4.97. The zero-order valence-electron chi connectivity index (χ0n) is 9.32. The lowest BCUT2D eigenvalue weighted by Crippen LogP contribution is -2.39. The third-order valence-corrected chi connectivity index (χ3v) is 3.95. The van der Waals surface area contributed by atoms with Crippen LogP contribution in [-0.4, -0.2) is 35.1 Å². The minimum atomic E-state index is -0.669. The maximum Gasteiger partial charge on any atom is 0.317 e. The predicted octanol–water partition coefficient (Wildman–Crippen LogP) is 2.12. The molecule has 0 bridgehead atoms. The summed E-state index contributed by atoms with van der Waals surface area (Å²) in [5, 5.41) is 8.85. The van der Waals surface area contributed by atoms with Crippen LogP contribution < -0.4 is 0 Å². The molecule has 0 aromatic heterocycles. The van der Waals surface area contributed by atoms with E-state index in [0.29, 0.717) is 6.04 Å². The molecule has 86 valence electrons. The first-order valence-electron chi connectivity index (χ1n) is 6.23. The Kier molecular flexibility index (Phi) is 3.62. The first-order chi connectivity index (χ1) is 7.27. The molecule has 1 unspecified atom stereocenters. The molecule has 0 aromatic carbocycles. The van der Waals surface area contributed by atoms with Crippen LogP contribution in [0.4, 0.5) is 0 Å². The summed E-state index contributed by atoms with van der Waals surface area (Å²) in [7, 11) is 0. The van der Waals surface area contributed by atoms with Crippen LogP contribution in [0.3, 0.4) is 0 Å². The van der Waals surface area contributed by atoms with Crippen molar-refractivity contribution in [1.82, 2.24) is 4.90 Å². The van der Waals surface area contributed by atoms with E-state index < -0.39 is 5.97 Å². The Bertz CT molecular complexity index is 224. The molecule has 0 radical (unpaired) electrons. The normalized spacial score (nSPS) is 29.5. The number of nitrogens with zero attached hydrogens (tertiary/aromatic N) is 1. The zero-order chi connectivity index (χ0) is 10.7. The number of aliphatic carboxylic acids is 1. The van der Waals surface area contributed by atoms with Gasteiger partial charge in [0, 0.05) is 6.04 Å². The lowest BCUT2D eigenvalue weighted by molar-refractivity contribution is -0.138. The van der Waals surface area contributed by atoms with E-state index in [4.69, 9.17) is 5.11 Å². The summed E-state index contributed by atoms with van der Waals surface area (Å²) >= 11 is 0.